The van der Waals surface area contributed by atoms with Crippen molar-refractivity contribution >= 4 is 23.8 Å². The summed E-state index contributed by atoms with van der Waals surface area (Å²) in [5.74, 6) is 1.32. The van der Waals surface area contributed by atoms with Gasteiger partial charge in [-0.15, -0.1) is 0 Å². The van der Waals surface area contributed by atoms with Crippen molar-refractivity contribution in [3.05, 3.63) is 50.5 Å². The molecule has 0 bridgehead atoms. The number of nitrogens with zero attached hydrogens (tertiary/aromatic N) is 4. The van der Waals surface area contributed by atoms with Crippen LogP contribution in [-0.2, 0) is 17.8 Å². The lowest BCUT2D eigenvalue weighted by Crippen LogP contribution is -2.39. The fourth-order valence-electron chi connectivity index (χ4n) is 3.36. The number of benzene rings is 1. The van der Waals surface area contributed by atoms with Crippen molar-refractivity contribution in [2.24, 2.45) is 0 Å². The Kier molecular flexibility index (Phi) is 5.46. The maximum Gasteiger partial charge on any atom is 0.269 e. The van der Waals surface area contributed by atoms with Crippen LogP contribution in [-0.4, -0.2) is 43.6 Å². The van der Waals surface area contributed by atoms with E-state index in [1.807, 2.05) is 16.4 Å². The Labute approximate surface area is 156 Å². The molecular formula is C17H21N5O3S. The minimum Gasteiger partial charge on any atom is -0.342 e. The SMILES string of the molecule is CCn1c(C2CCN(C(=O)Cc3ccc([N+](=O)[O-])cc3)CC2)n[nH]c1=S. The van der Waals surface area contributed by atoms with Crippen LogP contribution in [0.5, 0.6) is 0 Å². The first-order chi connectivity index (χ1) is 12.5. The monoisotopic (exact) mass is 375 g/mol. The quantitative estimate of drug-likeness (QED) is 0.492. The summed E-state index contributed by atoms with van der Waals surface area (Å²) in [5, 5.41) is 17.9. The summed E-state index contributed by atoms with van der Waals surface area (Å²) in [6.07, 6.45) is 1.97. The molecule has 1 aliphatic rings. The molecule has 0 radical (unpaired) electrons. The molecule has 1 saturated heterocycles. The van der Waals surface area contributed by atoms with Gasteiger partial charge in [-0.3, -0.25) is 20.0 Å². The molecule has 3 rings (SSSR count). The molecule has 0 saturated carbocycles. The number of piperidine rings is 1. The lowest BCUT2D eigenvalue weighted by Gasteiger charge is -2.31. The van der Waals surface area contributed by atoms with Gasteiger partial charge in [0.1, 0.15) is 5.82 Å². The topological polar surface area (TPSA) is 97.1 Å². The van der Waals surface area contributed by atoms with Gasteiger partial charge >= 0.3 is 0 Å². The van der Waals surface area contributed by atoms with E-state index in [2.05, 4.69) is 10.2 Å². The molecule has 9 heteroatoms. The summed E-state index contributed by atoms with van der Waals surface area (Å²) in [6.45, 7) is 4.18. The second-order valence-electron chi connectivity index (χ2n) is 6.39. The third kappa shape index (κ3) is 3.82. The van der Waals surface area contributed by atoms with E-state index in [4.69, 9.17) is 12.2 Å². The number of nitrogens with one attached hydrogen (secondary N) is 1. The number of amides is 1. The number of carbonyl (C=O) groups excluding carboxylic acids is 1. The molecule has 0 aliphatic carbocycles. The average Bonchev–Trinajstić information content (AvgIpc) is 3.02. The second kappa shape index (κ2) is 7.77. The molecule has 1 fully saturated rings. The van der Waals surface area contributed by atoms with Crippen LogP contribution in [0.3, 0.4) is 0 Å². The van der Waals surface area contributed by atoms with E-state index in [0.29, 0.717) is 23.8 Å². The third-order valence-corrected chi connectivity index (χ3v) is 5.13. The lowest BCUT2D eigenvalue weighted by atomic mass is 9.95. The van der Waals surface area contributed by atoms with Gasteiger partial charge in [-0.1, -0.05) is 12.1 Å². The number of hydrogen-bond acceptors (Lipinski definition) is 5. The average molecular weight is 375 g/mol. The van der Waals surface area contributed by atoms with Gasteiger partial charge < -0.3 is 9.47 Å². The zero-order valence-corrected chi connectivity index (χ0v) is 15.4. The number of non-ortho nitro benzene ring substituents is 1. The van der Waals surface area contributed by atoms with Crippen LogP contribution in [0.1, 0.15) is 37.1 Å². The third-order valence-electron chi connectivity index (χ3n) is 4.82. The Morgan fingerprint density at radius 1 is 1.35 bits per heavy atom. The van der Waals surface area contributed by atoms with Gasteiger partial charge in [0.25, 0.3) is 5.69 Å². The minimum absolute atomic E-state index is 0.0337. The largest absolute Gasteiger partial charge is 0.342 e. The smallest absolute Gasteiger partial charge is 0.269 e. The summed E-state index contributed by atoms with van der Waals surface area (Å²) in [5.41, 5.74) is 0.820. The lowest BCUT2D eigenvalue weighted by molar-refractivity contribution is -0.384. The molecule has 0 unspecified atom stereocenters. The normalized spacial score (nSPS) is 15.2. The number of hydrogen-bond donors (Lipinski definition) is 1. The van der Waals surface area contributed by atoms with Crippen molar-refractivity contribution in [1.29, 1.82) is 0 Å². The summed E-state index contributed by atoms with van der Waals surface area (Å²) in [4.78, 5) is 24.6. The number of nitro benzene ring substituents is 1. The molecule has 0 spiro atoms. The first kappa shape index (κ1) is 18.2. The van der Waals surface area contributed by atoms with Crippen LogP contribution in [0, 0.1) is 14.9 Å². The molecule has 1 aromatic heterocycles. The van der Waals surface area contributed by atoms with Crippen LogP contribution in [0.4, 0.5) is 5.69 Å². The molecule has 1 N–H and O–H groups in total. The number of aromatic amines is 1. The Bertz CT molecular complexity index is 850. The van der Waals surface area contributed by atoms with Crippen LogP contribution >= 0.6 is 12.2 Å². The zero-order valence-electron chi connectivity index (χ0n) is 14.6. The van der Waals surface area contributed by atoms with Crippen molar-refractivity contribution in [1.82, 2.24) is 19.7 Å². The Morgan fingerprint density at radius 2 is 2.00 bits per heavy atom. The summed E-state index contributed by atoms with van der Waals surface area (Å²) in [7, 11) is 0. The van der Waals surface area contributed by atoms with Crippen LogP contribution in [0.15, 0.2) is 24.3 Å². The molecule has 1 amide bonds. The Balaban J connectivity index is 1.58. The molecule has 1 aliphatic heterocycles. The van der Waals surface area contributed by atoms with Crippen molar-refractivity contribution in [2.45, 2.75) is 38.6 Å². The van der Waals surface area contributed by atoms with E-state index >= 15 is 0 Å². The van der Waals surface area contributed by atoms with Crippen molar-refractivity contribution in [3.63, 3.8) is 0 Å². The number of H-pyrrole nitrogens is 1. The molecule has 26 heavy (non-hydrogen) atoms. The summed E-state index contributed by atoms with van der Waals surface area (Å²) in [6, 6.07) is 6.15. The highest BCUT2D eigenvalue weighted by Gasteiger charge is 2.27. The molecule has 2 heterocycles. The first-order valence-corrected chi connectivity index (χ1v) is 9.06. The van der Waals surface area contributed by atoms with Crippen LogP contribution in [0.25, 0.3) is 0 Å². The summed E-state index contributed by atoms with van der Waals surface area (Å²) >= 11 is 5.24. The zero-order chi connectivity index (χ0) is 18.7. The number of carbonyl (C=O) groups is 1. The minimum atomic E-state index is -0.442. The number of rotatable bonds is 5. The van der Waals surface area contributed by atoms with Gasteiger partial charge in [0.15, 0.2) is 4.77 Å². The molecule has 2 aromatic rings. The van der Waals surface area contributed by atoms with Crippen molar-refractivity contribution < 1.29 is 9.72 Å². The highest BCUT2D eigenvalue weighted by atomic mass is 32.1. The van der Waals surface area contributed by atoms with E-state index < -0.39 is 4.92 Å². The van der Waals surface area contributed by atoms with Gasteiger partial charge in [-0.25, -0.2) is 0 Å². The number of aromatic nitrogens is 3. The predicted molar refractivity (Wildman–Crippen MR) is 98.4 cm³/mol. The fraction of sp³-hybridized carbons (Fsp3) is 0.471. The maximum atomic E-state index is 12.5. The van der Waals surface area contributed by atoms with Gasteiger partial charge in [0.05, 0.1) is 11.3 Å². The highest BCUT2D eigenvalue weighted by Crippen LogP contribution is 2.27. The van der Waals surface area contributed by atoms with E-state index in [1.165, 1.54) is 12.1 Å². The number of likely N-dealkylation sites (tertiary alicyclic amines) is 1. The molecular weight excluding hydrogens is 354 g/mol. The van der Waals surface area contributed by atoms with Gasteiger partial charge in [0.2, 0.25) is 5.91 Å². The van der Waals surface area contributed by atoms with Crippen LogP contribution < -0.4 is 0 Å². The standard InChI is InChI=1S/C17H21N5O3S/c1-2-21-16(18-19-17(21)26)13-7-9-20(10-8-13)15(23)11-12-3-5-14(6-4-12)22(24)25/h3-6,13H,2,7-11H2,1H3,(H,19,26). The Morgan fingerprint density at radius 3 is 2.58 bits per heavy atom. The molecule has 8 nitrogen and oxygen atoms in total. The van der Waals surface area contributed by atoms with E-state index in [9.17, 15) is 14.9 Å². The van der Waals surface area contributed by atoms with Gasteiger partial charge in [-0.2, -0.15) is 5.10 Å². The van der Waals surface area contributed by atoms with E-state index in [0.717, 1.165) is 30.8 Å². The molecule has 138 valence electrons. The predicted octanol–water partition coefficient (Wildman–Crippen LogP) is 2.82. The Hall–Kier alpha value is -2.55. The maximum absolute atomic E-state index is 12.5. The molecule has 1 aromatic carbocycles. The van der Waals surface area contributed by atoms with Crippen molar-refractivity contribution in [3.8, 4) is 0 Å². The second-order valence-corrected chi connectivity index (χ2v) is 6.77. The first-order valence-electron chi connectivity index (χ1n) is 8.65. The summed E-state index contributed by atoms with van der Waals surface area (Å²) < 4.78 is 2.65. The van der Waals surface area contributed by atoms with Crippen molar-refractivity contribution in [2.75, 3.05) is 13.1 Å². The molecule has 0 atom stereocenters. The fourth-order valence-corrected chi connectivity index (χ4v) is 3.62. The number of nitro groups is 1. The van der Waals surface area contributed by atoms with E-state index in [-0.39, 0.29) is 18.0 Å². The van der Waals surface area contributed by atoms with Gasteiger partial charge in [-0.05, 0) is 37.5 Å². The van der Waals surface area contributed by atoms with Gasteiger partial charge in [0, 0.05) is 37.7 Å². The van der Waals surface area contributed by atoms with E-state index in [1.54, 1.807) is 12.1 Å². The highest BCUT2D eigenvalue weighted by molar-refractivity contribution is 7.71. The van der Waals surface area contributed by atoms with Crippen LogP contribution in [0.2, 0.25) is 0 Å².